The van der Waals surface area contributed by atoms with Gasteiger partial charge >= 0.3 is 0 Å². The topological polar surface area (TPSA) is 106 Å². The molecule has 0 spiro atoms. The van der Waals surface area contributed by atoms with Crippen LogP contribution in [0.2, 0.25) is 0 Å². The first kappa shape index (κ1) is 16.9. The first-order valence-electron chi connectivity index (χ1n) is 6.89. The fourth-order valence-electron chi connectivity index (χ4n) is 2.59. The van der Waals surface area contributed by atoms with Crippen molar-refractivity contribution in [1.82, 2.24) is 4.90 Å². The van der Waals surface area contributed by atoms with E-state index in [9.17, 15) is 17.6 Å². The van der Waals surface area contributed by atoms with Crippen molar-refractivity contribution < 1.29 is 17.6 Å². The van der Waals surface area contributed by atoms with E-state index >= 15 is 0 Å². The molecular formula is C14H20FN3O3S. The van der Waals surface area contributed by atoms with Crippen LogP contribution in [0, 0.1) is 11.2 Å². The van der Waals surface area contributed by atoms with Gasteiger partial charge in [-0.05, 0) is 30.0 Å². The summed E-state index contributed by atoms with van der Waals surface area (Å²) in [7, 11) is -4.14. The Bertz CT molecular complexity index is 703. The second-order valence-corrected chi connectivity index (χ2v) is 7.83. The Kier molecular flexibility index (Phi) is 4.29. The van der Waals surface area contributed by atoms with Gasteiger partial charge in [0, 0.05) is 24.7 Å². The maximum Gasteiger partial charge on any atom is 0.253 e. The lowest BCUT2D eigenvalue weighted by molar-refractivity contribution is 0.0532. The van der Waals surface area contributed by atoms with E-state index in [1.165, 1.54) is 6.07 Å². The minimum atomic E-state index is -4.14. The van der Waals surface area contributed by atoms with E-state index in [2.05, 4.69) is 0 Å². The summed E-state index contributed by atoms with van der Waals surface area (Å²) in [6.07, 6.45) is 0.663. The molecule has 1 heterocycles. The number of halogens is 1. The van der Waals surface area contributed by atoms with Crippen LogP contribution in [0.4, 0.5) is 4.39 Å². The standard InChI is InChI=1S/C14H20FN3O3S/c1-14(2)8-18(6-5-12(14)16)13(19)9-3-4-11(10(15)7-9)22(17,20)21/h3-4,7,12H,5-6,8,16H2,1-2H3,(H2,17,20,21). The molecule has 1 amide bonds. The Morgan fingerprint density at radius 2 is 2.05 bits per heavy atom. The van der Waals surface area contributed by atoms with Gasteiger partial charge in [-0.1, -0.05) is 13.8 Å². The molecule has 2 rings (SSSR count). The maximum absolute atomic E-state index is 13.8. The van der Waals surface area contributed by atoms with E-state index in [0.717, 1.165) is 12.1 Å². The number of nitrogens with two attached hydrogens (primary N) is 2. The molecule has 6 nitrogen and oxygen atoms in total. The lowest BCUT2D eigenvalue weighted by atomic mass is 9.79. The van der Waals surface area contributed by atoms with Gasteiger partial charge in [-0.15, -0.1) is 0 Å². The predicted molar refractivity (Wildman–Crippen MR) is 80.1 cm³/mol. The number of primary sulfonamides is 1. The van der Waals surface area contributed by atoms with E-state index in [1.807, 2.05) is 13.8 Å². The predicted octanol–water partition coefficient (Wildman–Crippen LogP) is 0.673. The van der Waals surface area contributed by atoms with Gasteiger partial charge < -0.3 is 10.6 Å². The second kappa shape index (κ2) is 5.60. The number of piperidine rings is 1. The number of amides is 1. The van der Waals surface area contributed by atoms with Gasteiger partial charge in [0.15, 0.2) is 0 Å². The summed E-state index contributed by atoms with van der Waals surface area (Å²) in [5.41, 5.74) is 5.89. The number of carbonyl (C=O) groups excluding carboxylic acids is 1. The molecule has 0 aromatic heterocycles. The summed E-state index contributed by atoms with van der Waals surface area (Å²) in [6.45, 7) is 4.90. The van der Waals surface area contributed by atoms with Gasteiger partial charge in [0.25, 0.3) is 5.91 Å². The van der Waals surface area contributed by atoms with Crippen LogP contribution in [0.25, 0.3) is 0 Å². The van der Waals surface area contributed by atoms with Crippen molar-refractivity contribution >= 4 is 15.9 Å². The monoisotopic (exact) mass is 329 g/mol. The molecule has 0 saturated carbocycles. The van der Waals surface area contributed by atoms with Crippen molar-refractivity contribution in [1.29, 1.82) is 0 Å². The number of rotatable bonds is 2. The molecule has 1 aliphatic rings. The number of likely N-dealkylation sites (tertiary alicyclic amines) is 1. The van der Waals surface area contributed by atoms with Crippen molar-refractivity contribution in [3.05, 3.63) is 29.6 Å². The largest absolute Gasteiger partial charge is 0.338 e. The number of hydrogen-bond donors (Lipinski definition) is 2. The highest BCUT2D eigenvalue weighted by atomic mass is 32.2. The average Bonchev–Trinajstić information content (AvgIpc) is 2.39. The quantitative estimate of drug-likeness (QED) is 0.831. The number of nitrogens with zero attached hydrogens (tertiary/aromatic N) is 1. The van der Waals surface area contributed by atoms with Crippen LogP contribution in [-0.2, 0) is 10.0 Å². The summed E-state index contributed by atoms with van der Waals surface area (Å²) < 4.78 is 36.2. The molecule has 1 unspecified atom stereocenters. The molecule has 1 aromatic carbocycles. The number of carbonyl (C=O) groups is 1. The Morgan fingerprint density at radius 1 is 1.41 bits per heavy atom. The molecule has 1 aliphatic heterocycles. The fraction of sp³-hybridized carbons (Fsp3) is 0.500. The highest BCUT2D eigenvalue weighted by Gasteiger charge is 2.35. The summed E-state index contributed by atoms with van der Waals surface area (Å²) in [5.74, 6) is -1.37. The van der Waals surface area contributed by atoms with Crippen LogP contribution in [0.15, 0.2) is 23.1 Å². The molecule has 4 N–H and O–H groups in total. The van der Waals surface area contributed by atoms with Gasteiger partial charge in [0.1, 0.15) is 10.7 Å². The van der Waals surface area contributed by atoms with Crippen LogP contribution in [0.1, 0.15) is 30.6 Å². The molecule has 1 fully saturated rings. The van der Waals surface area contributed by atoms with Crippen molar-refractivity contribution in [2.75, 3.05) is 13.1 Å². The van der Waals surface area contributed by atoms with Gasteiger partial charge in [0.05, 0.1) is 0 Å². The summed E-state index contributed by atoms with van der Waals surface area (Å²) in [6, 6.07) is 3.19. The molecule has 1 aromatic rings. The Labute approximate surface area is 129 Å². The Balaban J connectivity index is 2.26. The number of sulfonamides is 1. The summed E-state index contributed by atoms with van der Waals surface area (Å²) >= 11 is 0. The third-order valence-electron chi connectivity index (χ3n) is 4.08. The highest BCUT2D eigenvalue weighted by Crippen LogP contribution is 2.28. The molecule has 0 radical (unpaired) electrons. The van der Waals surface area contributed by atoms with Crippen molar-refractivity contribution in [2.24, 2.45) is 16.3 Å². The zero-order valence-electron chi connectivity index (χ0n) is 12.5. The molecule has 22 heavy (non-hydrogen) atoms. The second-order valence-electron chi connectivity index (χ2n) is 6.30. The van der Waals surface area contributed by atoms with Crippen LogP contribution in [0.5, 0.6) is 0 Å². The molecule has 0 aliphatic carbocycles. The van der Waals surface area contributed by atoms with Crippen molar-refractivity contribution in [3.63, 3.8) is 0 Å². The zero-order chi connectivity index (χ0) is 16.7. The highest BCUT2D eigenvalue weighted by molar-refractivity contribution is 7.89. The molecular weight excluding hydrogens is 309 g/mol. The van der Waals surface area contributed by atoms with Gasteiger partial charge in [-0.25, -0.2) is 17.9 Å². The van der Waals surface area contributed by atoms with Crippen molar-refractivity contribution in [2.45, 2.75) is 31.2 Å². The van der Waals surface area contributed by atoms with E-state index < -0.39 is 20.7 Å². The molecule has 122 valence electrons. The average molecular weight is 329 g/mol. The summed E-state index contributed by atoms with van der Waals surface area (Å²) in [4.78, 5) is 13.4. The van der Waals surface area contributed by atoms with E-state index in [4.69, 9.17) is 10.9 Å². The Morgan fingerprint density at radius 3 is 2.55 bits per heavy atom. The molecule has 0 bridgehead atoms. The fourth-order valence-corrected chi connectivity index (χ4v) is 3.18. The minimum absolute atomic E-state index is 0.00181. The van der Waals surface area contributed by atoms with Crippen LogP contribution >= 0.6 is 0 Å². The Hall–Kier alpha value is -1.51. The van der Waals surface area contributed by atoms with Gasteiger partial charge in [-0.2, -0.15) is 0 Å². The third kappa shape index (κ3) is 3.29. The van der Waals surface area contributed by atoms with Gasteiger partial charge in [-0.3, -0.25) is 4.79 Å². The van der Waals surface area contributed by atoms with Gasteiger partial charge in [0.2, 0.25) is 10.0 Å². The van der Waals surface area contributed by atoms with E-state index in [0.29, 0.717) is 19.5 Å². The van der Waals surface area contributed by atoms with E-state index in [-0.39, 0.29) is 22.9 Å². The summed E-state index contributed by atoms with van der Waals surface area (Å²) in [5, 5.41) is 4.90. The van der Waals surface area contributed by atoms with E-state index in [1.54, 1.807) is 4.90 Å². The van der Waals surface area contributed by atoms with Crippen LogP contribution in [0.3, 0.4) is 0 Å². The zero-order valence-corrected chi connectivity index (χ0v) is 13.4. The first-order valence-corrected chi connectivity index (χ1v) is 8.44. The molecule has 1 saturated heterocycles. The van der Waals surface area contributed by atoms with Crippen LogP contribution < -0.4 is 10.9 Å². The smallest absolute Gasteiger partial charge is 0.253 e. The lowest BCUT2D eigenvalue weighted by Crippen LogP contribution is -2.54. The number of hydrogen-bond acceptors (Lipinski definition) is 4. The SMILES string of the molecule is CC1(C)CN(C(=O)c2ccc(S(N)(=O)=O)c(F)c2)CCC1N. The first-order chi connectivity index (χ1) is 10.0. The molecule has 8 heteroatoms. The minimum Gasteiger partial charge on any atom is -0.338 e. The third-order valence-corrected chi connectivity index (χ3v) is 5.03. The molecule has 1 atom stereocenters. The van der Waals surface area contributed by atoms with Crippen LogP contribution in [-0.4, -0.2) is 38.4 Å². The number of benzene rings is 1. The maximum atomic E-state index is 13.8. The normalized spacial score (nSPS) is 21.7. The van der Waals surface area contributed by atoms with Crippen molar-refractivity contribution in [3.8, 4) is 0 Å². The lowest BCUT2D eigenvalue weighted by Gasteiger charge is -2.42.